The molecule has 1 aromatic rings. The molecule has 0 atom stereocenters. The van der Waals surface area contributed by atoms with Crippen LogP contribution >= 0.6 is 0 Å². The third-order valence-electron chi connectivity index (χ3n) is 3.58. The third kappa shape index (κ3) is 2.96. The minimum Gasteiger partial charge on any atom is -0.496 e. The van der Waals surface area contributed by atoms with Gasteiger partial charge in [-0.3, -0.25) is 4.90 Å². The molecule has 0 bridgehead atoms. The number of hydrogen-bond donors (Lipinski definition) is 0. The maximum absolute atomic E-state index is 5.50. The highest BCUT2D eigenvalue weighted by Crippen LogP contribution is 2.32. The molecule has 100 valence electrons. The van der Waals surface area contributed by atoms with E-state index in [1.54, 1.807) is 14.2 Å². The van der Waals surface area contributed by atoms with E-state index in [9.17, 15) is 0 Å². The van der Waals surface area contributed by atoms with Crippen LogP contribution < -0.4 is 9.47 Å². The van der Waals surface area contributed by atoms with Gasteiger partial charge in [0, 0.05) is 6.54 Å². The van der Waals surface area contributed by atoms with Gasteiger partial charge in [-0.25, -0.2) is 0 Å². The fraction of sp³-hybridized carbons (Fsp3) is 0.600. The molecule has 1 saturated heterocycles. The minimum atomic E-state index is 0.923. The van der Waals surface area contributed by atoms with Crippen LogP contribution in [-0.4, -0.2) is 32.2 Å². The van der Waals surface area contributed by atoms with E-state index in [-0.39, 0.29) is 0 Å². The van der Waals surface area contributed by atoms with Crippen LogP contribution in [0.15, 0.2) is 12.1 Å². The van der Waals surface area contributed by atoms with Gasteiger partial charge < -0.3 is 9.47 Å². The molecule has 0 aromatic heterocycles. The fourth-order valence-corrected chi connectivity index (χ4v) is 2.61. The second-order valence-corrected chi connectivity index (χ2v) is 4.98. The quantitative estimate of drug-likeness (QED) is 0.819. The van der Waals surface area contributed by atoms with Crippen LogP contribution in [0.1, 0.15) is 30.4 Å². The summed E-state index contributed by atoms with van der Waals surface area (Å²) in [5, 5.41) is 0. The predicted molar refractivity (Wildman–Crippen MR) is 73.4 cm³/mol. The Bertz CT molecular complexity index is 372. The lowest BCUT2D eigenvalue weighted by Crippen LogP contribution is -2.29. The highest BCUT2D eigenvalue weighted by Gasteiger charge is 2.17. The third-order valence-corrected chi connectivity index (χ3v) is 3.58. The summed E-state index contributed by atoms with van der Waals surface area (Å²) >= 11 is 0. The van der Waals surface area contributed by atoms with Gasteiger partial charge in [0.2, 0.25) is 0 Å². The van der Waals surface area contributed by atoms with Gasteiger partial charge in [0.15, 0.2) is 0 Å². The van der Waals surface area contributed by atoms with E-state index in [4.69, 9.17) is 9.47 Å². The zero-order chi connectivity index (χ0) is 13.0. The van der Waals surface area contributed by atoms with Crippen LogP contribution in [0.3, 0.4) is 0 Å². The Labute approximate surface area is 110 Å². The Morgan fingerprint density at radius 1 is 1.00 bits per heavy atom. The standard InChI is InChI=1S/C15H23NO2/c1-12-9-14(17-2)13(15(10-12)18-3)11-16-7-5-4-6-8-16/h9-10H,4-8,11H2,1-3H3. The van der Waals surface area contributed by atoms with E-state index in [1.165, 1.54) is 43.5 Å². The Balaban J connectivity index is 2.23. The van der Waals surface area contributed by atoms with Crippen molar-refractivity contribution in [2.24, 2.45) is 0 Å². The average Bonchev–Trinajstić information content (AvgIpc) is 2.41. The molecule has 18 heavy (non-hydrogen) atoms. The van der Waals surface area contributed by atoms with Crippen LogP contribution in [-0.2, 0) is 6.54 Å². The van der Waals surface area contributed by atoms with Gasteiger partial charge in [-0.15, -0.1) is 0 Å². The monoisotopic (exact) mass is 249 g/mol. The molecular weight excluding hydrogens is 226 g/mol. The van der Waals surface area contributed by atoms with E-state index in [0.29, 0.717) is 0 Å². The molecule has 3 nitrogen and oxygen atoms in total. The first-order valence-corrected chi connectivity index (χ1v) is 6.68. The number of nitrogens with zero attached hydrogens (tertiary/aromatic N) is 1. The number of likely N-dealkylation sites (tertiary alicyclic amines) is 1. The van der Waals surface area contributed by atoms with Crippen molar-refractivity contribution >= 4 is 0 Å². The van der Waals surface area contributed by atoms with E-state index in [2.05, 4.69) is 24.0 Å². The molecule has 1 aliphatic rings. The van der Waals surface area contributed by atoms with Gasteiger partial charge in [-0.2, -0.15) is 0 Å². The van der Waals surface area contributed by atoms with Crippen molar-refractivity contribution in [3.05, 3.63) is 23.3 Å². The number of ether oxygens (including phenoxy) is 2. The number of piperidine rings is 1. The lowest BCUT2D eigenvalue weighted by atomic mass is 10.1. The van der Waals surface area contributed by atoms with Crippen LogP contribution in [0.5, 0.6) is 11.5 Å². The van der Waals surface area contributed by atoms with Crippen molar-refractivity contribution in [3.63, 3.8) is 0 Å². The molecule has 2 rings (SSSR count). The zero-order valence-electron chi connectivity index (χ0n) is 11.7. The number of benzene rings is 1. The molecule has 0 unspecified atom stereocenters. The van der Waals surface area contributed by atoms with Crippen molar-refractivity contribution in [2.45, 2.75) is 32.7 Å². The summed E-state index contributed by atoms with van der Waals surface area (Å²) in [5.74, 6) is 1.88. The maximum atomic E-state index is 5.50. The van der Waals surface area contributed by atoms with Gasteiger partial charge in [-0.1, -0.05) is 6.42 Å². The first-order chi connectivity index (χ1) is 8.74. The zero-order valence-corrected chi connectivity index (χ0v) is 11.7. The van der Waals surface area contributed by atoms with Crippen LogP contribution in [0.2, 0.25) is 0 Å². The molecule has 0 amide bonds. The van der Waals surface area contributed by atoms with Gasteiger partial charge >= 0.3 is 0 Å². The minimum absolute atomic E-state index is 0.923. The van der Waals surface area contributed by atoms with Gasteiger partial charge in [0.05, 0.1) is 19.8 Å². The Morgan fingerprint density at radius 2 is 1.56 bits per heavy atom. The maximum Gasteiger partial charge on any atom is 0.127 e. The number of rotatable bonds is 4. The Morgan fingerprint density at radius 3 is 2.06 bits per heavy atom. The van der Waals surface area contributed by atoms with Gasteiger partial charge in [0.25, 0.3) is 0 Å². The van der Waals surface area contributed by atoms with Crippen molar-refractivity contribution < 1.29 is 9.47 Å². The molecule has 0 aliphatic carbocycles. The molecule has 3 heteroatoms. The average molecular weight is 249 g/mol. The summed E-state index contributed by atoms with van der Waals surface area (Å²) < 4.78 is 11.0. The highest BCUT2D eigenvalue weighted by atomic mass is 16.5. The molecule has 0 radical (unpaired) electrons. The molecule has 0 spiro atoms. The normalized spacial score (nSPS) is 16.6. The predicted octanol–water partition coefficient (Wildman–Crippen LogP) is 3.00. The van der Waals surface area contributed by atoms with Gasteiger partial charge in [0.1, 0.15) is 11.5 Å². The van der Waals surface area contributed by atoms with Crippen molar-refractivity contribution in [1.29, 1.82) is 0 Å². The lowest BCUT2D eigenvalue weighted by Gasteiger charge is -2.27. The van der Waals surface area contributed by atoms with E-state index in [1.807, 2.05) is 0 Å². The van der Waals surface area contributed by atoms with Crippen LogP contribution in [0.25, 0.3) is 0 Å². The topological polar surface area (TPSA) is 21.7 Å². The first-order valence-electron chi connectivity index (χ1n) is 6.68. The Hall–Kier alpha value is -1.22. The smallest absolute Gasteiger partial charge is 0.127 e. The van der Waals surface area contributed by atoms with Gasteiger partial charge in [-0.05, 0) is 50.6 Å². The van der Waals surface area contributed by atoms with Crippen LogP contribution in [0.4, 0.5) is 0 Å². The summed E-state index contributed by atoms with van der Waals surface area (Å²) in [5.41, 5.74) is 2.35. The van der Waals surface area contributed by atoms with E-state index >= 15 is 0 Å². The lowest BCUT2D eigenvalue weighted by molar-refractivity contribution is 0.215. The molecule has 1 fully saturated rings. The fourth-order valence-electron chi connectivity index (χ4n) is 2.61. The first kappa shape index (κ1) is 13.2. The largest absolute Gasteiger partial charge is 0.496 e. The Kier molecular flexibility index (Phi) is 4.48. The molecular formula is C15H23NO2. The second-order valence-electron chi connectivity index (χ2n) is 4.98. The van der Waals surface area contributed by atoms with E-state index in [0.717, 1.165) is 18.0 Å². The molecule has 1 aromatic carbocycles. The number of methoxy groups -OCH3 is 2. The highest BCUT2D eigenvalue weighted by molar-refractivity contribution is 5.47. The van der Waals surface area contributed by atoms with Crippen LogP contribution in [0, 0.1) is 6.92 Å². The summed E-state index contributed by atoms with van der Waals surface area (Å²) in [4.78, 5) is 2.49. The number of aryl methyl sites for hydroxylation is 1. The van der Waals surface area contributed by atoms with E-state index < -0.39 is 0 Å². The van der Waals surface area contributed by atoms with Crippen molar-refractivity contribution in [3.8, 4) is 11.5 Å². The SMILES string of the molecule is COc1cc(C)cc(OC)c1CN1CCCCC1. The summed E-state index contributed by atoms with van der Waals surface area (Å²) in [6, 6.07) is 4.17. The summed E-state index contributed by atoms with van der Waals surface area (Å²) in [6.45, 7) is 5.35. The summed E-state index contributed by atoms with van der Waals surface area (Å²) in [7, 11) is 3.46. The number of hydrogen-bond acceptors (Lipinski definition) is 3. The van der Waals surface area contributed by atoms with Crippen molar-refractivity contribution in [1.82, 2.24) is 4.90 Å². The molecule has 0 N–H and O–H groups in total. The van der Waals surface area contributed by atoms with Crippen molar-refractivity contribution in [2.75, 3.05) is 27.3 Å². The summed E-state index contributed by atoms with van der Waals surface area (Å²) in [6.07, 6.45) is 3.96. The molecule has 0 saturated carbocycles. The molecule has 1 heterocycles. The molecule has 1 aliphatic heterocycles. The second kappa shape index (κ2) is 6.10.